The molecule has 1 aromatic carbocycles. The van der Waals surface area contributed by atoms with Crippen LogP contribution in [0.3, 0.4) is 0 Å². The summed E-state index contributed by atoms with van der Waals surface area (Å²) in [4.78, 5) is 20.5. The van der Waals surface area contributed by atoms with Crippen LogP contribution in [0.4, 0.5) is 0 Å². The number of H-pyrrole nitrogens is 1. The van der Waals surface area contributed by atoms with Crippen molar-refractivity contribution in [3.05, 3.63) is 54.4 Å². The third kappa shape index (κ3) is 3.82. The molecule has 1 amide bonds. The molecule has 0 aliphatic heterocycles. The van der Waals surface area contributed by atoms with Crippen molar-refractivity contribution in [2.24, 2.45) is 7.05 Å². The van der Waals surface area contributed by atoms with Gasteiger partial charge < -0.3 is 9.88 Å². The van der Waals surface area contributed by atoms with Gasteiger partial charge in [-0.3, -0.25) is 9.89 Å². The van der Waals surface area contributed by atoms with Gasteiger partial charge in [-0.1, -0.05) is 30.3 Å². The molecule has 118 valence electrons. The van der Waals surface area contributed by atoms with Crippen molar-refractivity contribution in [1.29, 1.82) is 0 Å². The fourth-order valence-corrected chi connectivity index (χ4v) is 2.22. The number of benzene rings is 1. The van der Waals surface area contributed by atoms with Crippen molar-refractivity contribution >= 4 is 5.91 Å². The molecule has 0 unspecified atom stereocenters. The van der Waals surface area contributed by atoms with Crippen molar-refractivity contribution in [2.45, 2.75) is 19.4 Å². The molecule has 0 aliphatic rings. The summed E-state index contributed by atoms with van der Waals surface area (Å²) in [6, 6.07) is 9.70. The summed E-state index contributed by atoms with van der Waals surface area (Å²) in [5.41, 5.74) is 0.941. The van der Waals surface area contributed by atoms with Gasteiger partial charge in [-0.2, -0.15) is 5.10 Å². The molecule has 0 aliphatic carbocycles. The van der Waals surface area contributed by atoms with Crippen LogP contribution in [0.2, 0.25) is 0 Å². The summed E-state index contributed by atoms with van der Waals surface area (Å²) in [6.07, 6.45) is 4.60. The number of nitrogens with one attached hydrogen (secondary N) is 2. The minimum absolute atomic E-state index is 0.0364. The Bertz CT molecular complexity index is 777. The van der Waals surface area contributed by atoms with Crippen LogP contribution >= 0.6 is 0 Å². The number of hydrogen-bond donors (Lipinski definition) is 2. The lowest BCUT2D eigenvalue weighted by atomic mass is 10.2. The average molecular weight is 310 g/mol. The van der Waals surface area contributed by atoms with Crippen LogP contribution in [0, 0.1) is 0 Å². The Morgan fingerprint density at radius 3 is 2.87 bits per heavy atom. The third-order valence-corrected chi connectivity index (χ3v) is 3.51. The van der Waals surface area contributed by atoms with Crippen LogP contribution < -0.4 is 5.32 Å². The molecule has 3 rings (SSSR count). The van der Waals surface area contributed by atoms with E-state index >= 15 is 0 Å². The SMILES string of the molecule is Cn1ccnc1CCC(=O)NCc1nc(-c2ccccc2)n[nH]1. The lowest BCUT2D eigenvalue weighted by Crippen LogP contribution is -2.24. The molecule has 2 aromatic heterocycles. The third-order valence-electron chi connectivity index (χ3n) is 3.51. The monoisotopic (exact) mass is 310 g/mol. The van der Waals surface area contributed by atoms with Crippen LogP contribution in [0.1, 0.15) is 18.1 Å². The predicted molar refractivity (Wildman–Crippen MR) is 85.2 cm³/mol. The Kier molecular flexibility index (Phi) is 4.46. The lowest BCUT2D eigenvalue weighted by Gasteiger charge is -2.03. The number of nitrogens with zero attached hydrogens (tertiary/aromatic N) is 4. The Balaban J connectivity index is 1.50. The molecule has 0 saturated carbocycles. The molecule has 0 saturated heterocycles. The van der Waals surface area contributed by atoms with Gasteiger partial charge in [-0.05, 0) is 0 Å². The van der Waals surface area contributed by atoms with Crippen molar-refractivity contribution in [2.75, 3.05) is 0 Å². The topological polar surface area (TPSA) is 88.5 Å². The fourth-order valence-electron chi connectivity index (χ4n) is 2.22. The van der Waals surface area contributed by atoms with Crippen molar-refractivity contribution in [3.8, 4) is 11.4 Å². The number of aromatic amines is 1. The number of rotatable bonds is 6. The van der Waals surface area contributed by atoms with Crippen molar-refractivity contribution in [1.82, 2.24) is 30.0 Å². The van der Waals surface area contributed by atoms with Gasteiger partial charge in [0.2, 0.25) is 5.91 Å². The largest absolute Gasteiger partial charge is 0.349 e. The van der Waals surface area contributed by atoms with Crippen LogP contribution in [0.25, 0.3) is 11.4 Å². The zero-order valence-corrected chi connectivity index (χ0v) is 12.9. The second-order valence-electron chi connectivity index (χ2n) is 5.20. The molecule has 23 heavy (non-hydrogen) atoms. The predicted octanol–water partition coefficient (Wildman–Crippen LogP) is 1.45. The van der Waals surface area contributed by atoms with Gasteiger partial charge in [-0.15, -0.1) is 0 Å². The zero-order chi connectivity index (χ0) is 16.1. The molecular formula is C16H18N6O. The number of amides is 1. The Hall–Kier alpha value is -2.96. The van der Waals surface area contributed by atoms with E-state index < -0.39 is 0 Å². The summed E-state index contributed by atoms with van der Waals surface area (Å²) in [5.74, 6) is 2.12. The van der Waals surface area contributed by atoms with E-state index in [1.165, 1.54) is 0 Å². The number of aryl methyl sites for hydroxylation is 2. The molecule has 0 fully saturated rings. The van der Waals surface area contributed by atoms with Crippen LogP contribution in [0.15, 0.2) is 42.7 Å². The van der Waals surface area contributed by atoms with Crippen molar-refractivity contribution in [3.63, 3.8) is 0 Å². The van der Waals surface area contributed by atoms with E-state index in [2.05, 4.69) is 25.5 Å². The summed E-state index contributed by atoms with van der Waals surface area (Å²) in [7, 11) is 1.92. The molecule has 3 aromatic rings. The number of imidazole rings is 1. The summed E-state index contributed by atoms with van der Waals surface area (Å²) in [6.45, 7) is 0.333. The summed E-state index contributed by atoms with van der Waals surface area (Å²) in [5, 5.41) is 9.84. The van der Waals surface area contributed by atoms with Gasteiger partial charge >= 0.3 is 0 Å². The fraction of sp³-hybridized carbons (Fsp3) is 0.250. The molecule has 2 heterocycles. The molecule has 0 spiro atoms. The van der Waals surface area contributed by atoms with E-state index in [4.69, 9.17) is 0 Å². The quantitative estimate of drug-likeness (QED) is 0.721. The van der Waals surface area contributed by atoms with Gasteiger partial charge in [0.05, 0.1) is 6.54 Å². The number of aromatic nitrogens is 5. The first-order chi connectivity index (χ1) is 11.2. The number of carbonyl (C=O) groups excluding carboxylic acids is 1. The highest BCUT2D eigenvalue weighted by Gasteiger charge is 2.08. The van der Waals surface area contributed by atoms with E-state index in [1.807, 2.05) is 48.1 Å². The maximum absolute atomic E-state index is 11.9. The molecule has 0 radical (unpaired) electrons. The van der Waals surface area contributed by atoms with Gasteiger partial charge in [-0.25, -0.2) is 9.97 Å². The highest BCUT2D eigenvalue weighted by Crippen LogP contribution is 2.13. The summed E-state index contributed by atoms with van der Waals surface area (Å²) < 4.78 is 1.91. The number of hydrogen-bond acceptors (Lipinski definition) is 4. The molecule has 0 bridgehead atoms. The van der Waals surface area contributed by atoms with Gasteiger partial charge in [0.15, 0.2) is 5.82 Å². The highest BCUT2D eigenvalue weighted by molar-refractivity contribution is 5.75. The Morgan fingerprint density at radius 1 is 1.30 bits per heavy atom. The maximum Gasteiger partial charge on any atom is 0.220 e. The first kappa shape index (κ1) is 15.0. The maximum atomic E-state index is 11.9. The van der Waals surface area contributed by atoms with Gasteiger partial charge in [0, 0.05) is 37.8 Å². The first-order valence-electron chi connectivity index (χ1n) is 7.42. The van der Waals surface area contributed by atoms with E-state index in [9.17, 15) is 4.79 Å². The standard InChI is InChI=1S/C16H18N6O/c1-22-10-9-17-14(22)7-8-15(23)18-11-13-19-16(21-20-13)12-5-3-2-4-6-12/h2-6,9-10H,7-8,11H2,1H3,(H,18,23)(H,19,20,21). The first-order valence-corrected chi connectivity index (χ1v) is 7.42. The Morgan fingerprint density at radius 2 is 2.13 bits per heavy atom. The molecule has 7 heteroatoms. The average Bonchev–Trinajstić information content (AvgIpc) is 3.21. The van der Waals surface area contributed by atoms with Crippen LogP contribution in [-0.2, 0) is 24.8 Å². The minimum Gasteiger partial charge on any atom is -0.349 e. The summed E-state index contributed by atoms with van der Waals surface area (Å²) >= 11 is 0. The van der Waals surface area contributed by atoms with Gasteiger partial charge in [0.25, 0.3) is 0 Å². The second kappa shape index (κ2) is 6.87. The van der Waals surface area contributed by atoms with E-state index in [1.54, 1.807) is 6.20 Å². The number of carbonyl (C=O) groups is 1. The highest BCUT2D eigenvalue weighted by atomic mass is 16.1. The van der Waals surface area contributed by atoms with Gasteiger partial charge in [0.1, 0.15) is 11.6 Å². The van der Waals surface area contributed by atoms with Crippen LogP contribution in [0.5, 0.6) is 0 Å². The van der Waals surface area contributed by atoms with Crippen molar-refractivity contribution < 1.29 is 4.79 Å². The normalized spacial score (nSPS) is 10.7. The van der Waals surface area contributed by atoms with E-state index in [-0.39, 0.29) is 5.91 Å². The van der Waals surface area contributed by atoms with E-state index in [0.717, 1.165) is 11.4 Å². The zero-order valence-electron chi connectivity index (χ0n) is 12.9. The minimum atomic E-state index is -0.0364. The second-order valence-corrected chi connectivity index (χ2v) is 5.20. The molecular weight excluding hydrogens is 292 g/mol. The molecule has 0 atom stereocenters. The van der Waals surface area contributed by atoms with E-state index in [0.29, 0.717) is 31.0 Å². The smallest absolute Gasteiger partial charge is 0.220 e. The Labute approximate surface area is 133 Å². The molecule has 7 nitrogen and oxygen atoms in total. The molecule has 2 N–H and O–H groups in total. The van der Waals surface area contributed by atoms with Crippen LogP contribution in [-0.4, -0.2) is 30.6 Å². The lowest BCUT2D eigenvalue weighted by molar-refractivity contribution is -0.121.